The quantitative estimate of drug-likeness (QED) is 0.856. The van der Waals surface area contributed by atoms with Gasteiger partial charge in [0, 0.05) is 31.1 Å². The summed E-state index contributed by atoms with van der Waals surface area (Å²) in [5.41, 5.74) is -0.855. The van der Waals surface area contributed by atoms with Gasteiger partial charge in [0.2, 0.25) is 5.95 Å². The minimum Gasteiger partial charge on any atom is -0.383 e. The number of hydrogen-bond donors (Lipinski definition) is 1. The highest BCUT2D eigenvalue weighted by atomic mass is 35.5. The Morgan fingerprint density at radius 3 is 2.81 bits per heavy atom. The summed E-state index contributed by atoms with van der Waals surface area (Å²) in [6.07, 6.45) is -1.63. The van der Waals surface area contributed by atoms with E-state index in [0.29, 0.717) is 19.1 Å². The van der Waals surface area contributed by atoms with Crippen LogP contribution in [0.25, 0.3) is 5.69 Å². The maximum Gasteiger partial charge on any atom is 0.418 e. The maximum atomic E-state index is 13.1. The second-order valence-electron chi connectivity index (χ2n) is 4.20. The van der Waals surface area contributed by atoms with Gasteiger partial charge in [0.25, 0.3) is 0 Å². The molecule has 1 heterocycles. The normalized spacial score (nSPS) is 11.7. The number of nitrogens with zero attached hydrogens (tertiary/aromatic N) is 2. The fourth-order valence-corrected chi connectivity index (χ4v) is 2.01. The lowest BCUT2D eigenvalue weighted by atomic mass is 10.1. The fourth-order valence-electron chi connectivity index (χ4n) is 1.84. The van der Waals surface area contributed by atoms with Crippen LogP contribution in [0, 0.1) is 0 Å². The molecule has 114 valence electrons. The van der Waals surface area contributed by atoms with Gasteiger partial charge in [-0.15, -0.1) is 0 Å². The van der Waals surface area contributed by atoms with Crippen LogP contribution in [0.5, 0.6) is 0 Å². The van der Waals surface area contributed by atoms with E-state index in [1.165, 1.54) is 36.2 Å². The molecule has 0 aliphatic rings. The summed E-state index contributed by atoms with van der Waals surface area (Å²) in [6, 6.07) is 3.62. The lowest BCUT2D eigenvalue weighted by Gasteiger charge is -2.16. The van der Waals surface area contributed by atoms with Gasteiger partial charge in [-0.3, -0.25) is 4.57 Å². The first-order chi connectivity index (χ1) is 9.93. The molecule has 2 rings (SSSR count). The number of methoxy groups -OCH3 is 1. The Hall–Kier alpha value is -1.73. The van der Waals surface area contributed by atoms with Gasteiger partial charge in [0.1, 0.15) is 0 Å². The Morgan fingerprint density at radius 1 is 1.38 bits per heavy atom. The molecule has 0 atom stereocenters. The van der Waals surface area contributed by atoms with Crippen LogP contribution in [0.15, 0.2) is 30.6 Å². The predicted molar refractivity (Wildman–Crippen MR) is 73.9 cm³/mol. The summed E-state index contributed by atoms with van der Waals surface area (Å²) in [6.45, 7) is 0.849. The van der Waals surface area contributed by atoms with E-state index in [1.807, 2.05) is 0 Å². The van der Waals surface area contributed by atoms with E-state index in [2.05, 4.69) is 10.3 Å². The Kier molecular flexibility index (Phi) is 4.74. The molecule has 0 saturated heterocycles. The highest BCUT2D eigenvalue weighted by molar-refractivity contribution is 6.30. The van der Waals surface area contributed by atoms with Crippen molar-refractivity contribution >= 4 is 17.5 Å². The maximum absolute atomic E-state index is 13.1. The summed E-state index contributed by atoms with van der Waals surface area (Å²) in [5.74, 6) is 0.305. The van der Waals surface area contributed by atoms with E-state index in [4.69, 9.17) is 16.3 Å². The van der Waals surface area contributed by atoms with Crippen molar-refractivity contribution in [3.63, 3.8) is 0 Å². The highest BCUT2D eigenvalue weighted by Gasteiger charge is 2.34. The van der Waals surface area contributed by atoms with Crippen LogP contribution >= 0.6 is 11.6 Å². The molecule has 0 saturated carbocycles. The van der Waals surface area contributed by atoms with Crippen LogP contribution in [0.2, 0.25) is 5.02 Å². The first-order valence-electron chi connectivity index (χ1n) is 6.06. The zero-order chi connectivity index (χ0) is 15.5. The highest BCUT2D eigenvalue weighted by Crippen LogP contribution is 2.36. The number of hydrogen-bond acceptors (Lipinski definition) is 3. The van der Waals surface area contributed by atoms with Gasteiger partial charge in [0.05, 0.1) is 17.9 Å². The van der Waals surface area contributed by atoms with Crippen LogP contribution in [-0.4, -0.2) is 29.8 Å². The minimum absolute atomic E-state index is 0.0279. The Morgan fingerprint density at radius 2 is 2.14 bits per heavy atom. The van der Waals surface area contributed by atoms with Crippen molar-refractivity contribution in [3.8, 4) is 5.69 Å². The molecule has 0 bridgehead atoms. The van der Waals surface area contributed by atoms with Gasteiger partial charge in [-0.1, -0.05) is 11.6 Å². The molecule has 0 amide bonds. The van der Waals surface area contributed by atoms with Crippen LogP contribution in [0.1, 0.15) is 5.56 Å². The molecule has 1 aromatic carbocycles. The van der Waals surface area contributed by atoms with E-state index in [9.17, 15) is 13.2 Å². The van der Waals surface area contributed by atoms with Crippen LogP contribution in [0.3, 0.4) is 0 Å². The third-order valence-electron chi connectivity index (χ3n) is 2.75. The van der Waals surface area contributed by atoms with Crippen molar-refractivity contribution in [2.75, 3.05) is 25.6 Å². The van der Waals surface area contributed by atoms with Gasteiger partial charge in [0.15, 0.2) is 0 Å². The third-order valence-corrected chi connectivity index (χ3v) is 2.99. The van der Waals surface area contributed by atoms with E-state index in [0.717, 1.165) is 6.07 Å². The Labute approximate surface area is 124 Å². The van der Waals surface area contributed by atoms with Crippen molar-refractivity contribution in [3.05, 3.63) is 41.2 Å². The number of nitrogens with one attached hydrogen (secondary N) is 1. The topological polar surface area (TPSA) is 39.1 Å². The lowest BCUT2D eigenvalue weighted by molar-refractivity contribution is -0.137. The van der Waals surface area contributed by atoms with Crippen LogP contribution < -0.4 is 5.32 Å². The van der Waals surface area contributed by atoms with Gasteiger partial charge in [-0.25, -0.2) is 4.98 Å². The molecule has 8 heteroatoms. The van der Waals surface area contributed by atoms with Crippen LogP contribution in [0.4, 0.5) is 19.1 Å². The largest absolute Gasteiger partial charge is 0.418 e. The number of imidazole rings is 1. The van der Waals surface area contributed by atoms with Crippen molar-refractivity contribution in [2.24, 2.45) is 0 Å². The van der Waals surface area contributed by atoms with Crippen molar-refractivity contribution in [2.45, 2.75) is 6.18 Å². The van der Waals surface area contributed by atoms with E-state index >= 15 is 0 Å². The molecule has 21 heavy (non-hydrogen) atoms. The molecule has 2 aromatic rings. The minimum atomic E-state index is -4.51. The zero-order valence-electron chi connectivity index (χ0n) is 11.1. The molecule has 0 aliphatic heterocycles. The predicted octanol–water partition coefficient (Wildman–Crippen LogP) is 3.60. The summed E-state index contributed by atoms with van der Waals surface area (Å²) >= 11 is 5.67. The second-order valence-corrected chi connectivity index (χ2v) is 4.64. The van der Waals surface area contributed by atoms with Gasteiger partial charge >= 0.3 is 6.18 Å². The van der Waals surface area contributed by atoms with Gasteiger partial charge in [-0.05, 0) is 18.2 Å². The monoisotopic (exact) mass is 319 g/mol. The van der Waals surface area contributed by atoms with Crippen molar-refractivity contribution < 1.29 is 17.9 Å². The molecule has 0 unspecified atom stereocenters. The number of benzene rings is 1. The average molecular weight is 320 g/mol. The van der Waals surface area contributed by atoms with E-state index in [-0.39, 0.29) is 10.7 Å². The van der Waals surface area contributed by atoms with E-state index in [1.54, 1.807) is 0 Å². The second kappa shape index (κ2) is 6.36. The number of alkyl halides is 3. The molecule has 1 N–H and O–H groups in total. The smallest absolute Gasteiger partial charge is 0.383 e. The summed E-state index contributed by atoms with van der Waals surface area (Å²) in [7, 11) is 1.54. The first-order valence-corrected chi connectivity index (χ1v) is 6.44. The number of halogens is 4. The molecular formula is C13H13ClF3N3O. The van der Waals surface area contributed by atoms with Gasteiger partial charge < -0.3 is 10.1 Å². The molecule has 1 aromatic heterocycles. The lowest BCUT2D eigenvalue weighted by Crippen LogP contribution is -2.15. The number of rotatable bonds is 5. The third kappa shape index (κ3) is 3.68. The molecule has 4 nitrogen and oxygen atoms in total. The Bertz CT molecular complexity index is 613. The zero-order valence-corrected chi connectivity index (χ0v) is 11.9. The van der Waals surface area contributed by atoms with Crippen molar-refractivity contribution in [1.29, 1.82) is 0 Å². The number of aromatic nitrogens is 2. The van der Waals surface area contributed by atoms with Crippen LogP contribution in [-0.2, 0) is 10.9 Å². The first kappa shape index (κ1) is 15.7. The molecule has 0 spiro atoms. The number of ether oxygens (including phenoxy) is 1. The fraction of sp³-hybridized carbons (Fsp3) is 0.308. The van der Waals surface area contributed by atoms with E-state index < -0.39 is 11.7 Å². The molecular weight excluding hydrogens is 307 g/mol. The molecule has 0 aliphatic carbocycles. The average Bonchev–Trinajstić information content (AvgIpc) is 2.86. The summed E-state index contributed by atoms with van der Waals surface area (Å²) < 4.78 is 45.6. The van der Waals surface area contributed by atoms with Crippen molar-refractivity contribution in [1.82, 2.24) is 9.55 Å². The standard InChI is InChI=1S/C13H13ClF3N3O/c1-21-7-5-19-12-18-4-6-20(12)11-3-2-9(14)8-10(11)13(15,16)17/h2-4,6,8H,5,7H2,1H3,(H,18,19). The van der Waals surface area contributed by atoms with Gasteiger partial charge in [-0.2, -0.15) is 13.2 Å². The molecule has 0 fully saturated rings. The number of anilines is 1. The Balaban J connectivity index is 2.41. The molecule has 0 radical (unpaired) electrons. The summed E-state index contributed by atoms with van der Waals surface area (Å²) in [5, 5.41) is 2.94. The SMILES string of the molecule is COCCNc1nccn1-c1ccc(Cl)cc1C(F)(F)F. The summed E-state index contributed by atoms with van der Waals surface area (Å²) in [4.78, 5) is 4.01.